The Hall–Kier alpha value is -2.74. The van der Waals surface area contributed by atoms with E-state index >= 15 is 0 Å². The summed E-state index contributed by atoms with van der Waals surface area (Å²) in [6, 6.07) is 20.7. The third kappa shape index (κ3) is 4.75. The van der Waals surface area contributed by atoms with Crippen LogP contribution in [0.25, 0.3) is 0 Å². The number of hydrogen-bond donors (Lipinski definition) is 0. The maximum Gasteiger partial charge on any atom is 0.0723 e. The minimum atomic E-state index is -0.0946. The van der Waals surface area contributed by atoms with Gasteiger partial charge in [-0.2, -0.15) is 0 Å². The summed E-state index contributed by atoms with van der Waals surface area (Å²) in [4.78, 5) is 10.3. The number of rotatable bonds is 2. The van der Waals surface area contributed by atoms with Crippen molar-refractivity contribution in [3.05, 3.63) is 95.3 Å². The Kier molecular flexibility index (Phi) is 5.51. The van der Waals surface area contributed by atoms with Crippen LogP contribution in [0.2, 0.25) is 0 Å². The molecule has 0 N–H and O–H groups in total. The standard InChI is InChI=1S/C26H30N2/c1-25(2,3)23-17-21(19-13-9-7-10-14-19)28-24(26(4,5)6)18-22(27-23)20-15-11-8-12-16-20/h7-18H,1-6H3/b21-17?,22-18?,23-17+,24-18+,27-22+,27-23?,28-21+,28-24?. The molecular weight excluding hydrogens is 340 g/mol. The number of aliphatic imine (C=N–C) groups is 2. The molecule has 1 aliphatic heterocycles. The Labute approximate surface area is 169 Å². The van der Waals surface area contributed by atoms with E-state index in [0.29, 0.717) is 0 Å². The summed E-state index contributed by atoms with van der Waals surface area (Å²) in [5.41, 5.74) is 6.00. The van der Waals surface area contributed by atoms with Crippen LogP contribution in [-0.4, -0.2) is 11.4 Å². The largest absolute Gasteiger partial charge is 0.252 e. The van der Waals surface area contributed by atoms with Gasteiger partial charge in [-0.1, -0.05) is 102 Å². The molecule has 0 unspecified atom stereocenters. The van der Waals surface area contributed by atoms with Crippen LogP contribution in [0.4, 0.5) is 0 Å². The molecule has 3 rings (SSSR count). The van der Waals surface area contributed by atoms with Gasteiger partial charge in [0.05, 0.1) is 11.4 Å². The molecule has 0 spiro atoms. The monoisotopic (exact) mass is 370 g/mol. The molecule has 28 heavy (non-hydrogen) atoms. The minimum Gasteiger partial charge on any atom is -0.252 e. The number of benzene rings is 2. The molecule has 0 aromatic heterocycles. The predicted molar refractivity (Wildman–Crippen MR) is 121 cm³/mol. The minimum absolute atomic E-state index is 0.0946. The normalized spacial score (nSPS) is 23.1. The van der Waals surface area contributed by atoms with Crippen molar-refractivity contribution in [2.75, 3.05) is 0 Å². The topological polar surface area (TPSA) is 24.7 Å². The zero-order valence-electron chi connectivity index (χ0n) is 17.8. The Morgan fingerprint density at radius 2 is 0.821 bits per heavy atom. The maximum atomic E-state index is 5.14. The fraction of sp³-hybridized carbons (Fsp3) is 0.308. The van der Waals surface area contributed by atoms with Crippen LogP contribution < -0.4 is 0 Å². The van der Waals surface area contributed by atoms with Crippen molar-refractivity contribution >= 4 is 11.4 Å². The van der Waals surface area contributed by atoms with Gasteiger partial charge in [0, 0.05) is 33.4 Å². The van der Waals surface area contributed by atoms with Gasteiger partial charge in [0.2, 0.25) is 0 Å². The fourth-order valence-corrected chi connectivity index (χ4v) is 2.93. The first kappa shape index (κ1) is 20.0. The van der Waals surface area contributed by atoms with Gasteiger partial charge in [-0.25, -0.2) is 0 Å². The van der Waals surface area contributed by atoms with Crippen LogP contribution in [-0.2, 0) is 0 Å². The first-order chi connectivity index (χ1) is 13.1. The Morgan fingerprint density at radius 1 is 0.500 bits per heavy atom. The van der Waals surface area contributed by atoms with Crippen molar-refractivity contribution in [3.63, 3.8) is 0 Å². The van der Waals surface area contributed by atoms with E-state index in [0.717, 1.165) is 33.9 Å². The van der Waals surface area contributed by atoms with Crippen LogP contribution in [0.1, 0.15) is 52.7 Å². The molecule has 0 radical (unpaired) electrons. The first-order valence-electron chi connectivity index (χ1n) is 9.87. The Bertz CT molecular complexity index is 863. The molecule has 0 amide bonds. The van der Waals surface area contributed by atoms with Crippen LogP contribution in [0.15, 0.2) is 94.2 Å². The fourth-order valence-electron chi connectivity index (χ4n) is 2.93. The predicted octanol–water partition coefficient (Wildman–Crippen LogP) is 6.84. The highest BCUT2D eigenvalue weighted by molar-refractivity contribution is 6.13. The Balaban J connectivity index is 2.26. The van der Waals surface area contributed by atoms with Crippen LogP contribution in [0, 0.1) is 10.8 Å². The Morgan fingerprint density at radius 3 is 1.11 bits per heavy atom. The van der Waals surface area contributed by atoms with Crippen LogP contribution in [0.3, 0.4) is 0 Å². The molecule has 1 heterocycles. The summed E-state index contributed by atoms with van der Waals surface area (Å²) in [7, 11) is 0. The summed E-state index contributed by atoms with van der Waals surface area (Å²) in [6.45, 7) is 13.2. The molecule has 1 aliphatic rings. The second kappa shape index (κ2) is 7.71. The van der Waals surface area contributed by atoms with Gasteiger partial charge >= 0.3 is 0 Å². The van der Waals surface area contributed by atoms with E-state index in [2.05, 4.69) is 102 Å². The van der Waals surface area contributed by atoms with Gasteiger partial charge in [0.1, 0.15) is 0 Å². The first-order valence-corrected chi connectivity index (χ1v) is 9.87. The van der Waals surface area contributed by atoms with Gasteiger partial charge in [0.25, 0.3) is 0 Å². The van der Waals surface area contributed by atoms with Crippen LogP contribution in [0.5, 0.6) is 0 Å². The van der Waals surface area contributed by atoms with E-state index in [-0.39, 0.29) is 10.8 Å². The van der Waals surface area contributed by atoms with E-state index in [1.807, 2.05) is 12.1 Å². The highest BCUT2D eigenvalue weighted by Gasteiger charge is 2.24. The summed E-state index contributed by atoms with van der Waals surface area (Å²) in [6.07, 6.45) is 4.30. The third-order valence-corrected chi connectivity index (χ3v) is 4.70. The van der Waals surface area contributed by atoms with E-state index in [9.17, 15) is 0 Å². The summed E-state index contributed by atoms with van der Waals surface area (Å²) < 4.78 is 0. The highest BCUT2D eigenvalue weighted by Crippen LogP contribution is 2.33. The average molecular weight is 371 g/mol. The van der Waals surface area contributed by atoms with Gasteiger partial charge in [-0.3, -0.25) is 9.98 Å². The highest BCUT2D eigenvalue weighted by atomic mass is 14.8. The van der Waals surface area contributed by atoms with Crippen molar-refractivity contribution in [1.29, 1.82) is 0 Å². The molecule has 2 aromatic rings. The second-order valence-corrected chi connectivity index (χ2v) is 9.29. The van der Waals surface area contributed by atoms with Gasteiger partial charge in [0.15, 0.2) is 0 Å². The molecule has 0 fully saturated rings. The number of nitrogens with zero attached hydrogens (tertiary/aromatic N) is 2. The molecular formula is C26H30N2. The molecule has 0 atom stereocenters. The molecule has 2 heteroatoms. The molecule has 0 bridgehead atoms. The van der Waals surface area contributed by atoms with Crippen molar-refractivity contribution in [1.82, 2.24) is 0 Å². The van der Waals surface area contributed by atoms with Crippen molar-refractivity contribution in [2.45, 2.75) is 41.5 Å². The SMILES string of the molecule is CC(C)(C)C1=C\C(c2ccccc2)=N/C(C(C)(C)C)=C/C(c2ccccc2)=N\1. The van der Waals surface area contributed by atoms with Crippen molar-refractivity contribution in [2.24, 2.45) is 20.8 Å². The molecule has 144 valence electrons. The zero-order valence-corrected chi connectivity index (χ0v) is 17.8. The van der Waals surface area contributed by atoms with Gasteiger partial charge in [-0.15, -0.1) is 0 Å². The van der Waals surface area contributed by atoms with E-state index in [1.165, 1.54) is 0 Å². The third-order valence-electron chi connectivity index (χ3n) is 4.70. The molecule has 2 nitrogen and oxygen atoms in total. The van der Waals surface area contributed by atoms with E-state index in [1.54, 1.807) is 0 Å². The van der Waals surface area contributed by atoms with Crippen molar-refractivity contribution < 1.29 is 0 Å². The summed E-state index contributed by atoms with van der Waals surface area (Å²) in [5, 5.41) is 0. The molecule has 0 saturated carbocycles. The van der Waals surface area contributed by atoms with E-state index < -0.39 is 0 Å². The van der Waals surface area contributed by atoms with Crippen LogP contribution >= 0.6 is 0 Å². The molecule has 0 saturated heterocycles. The summed E-state index contributed by atoms with van der Waals surface area (Å²) >= 11 is 0. The number of allylic oxidation sites excluding steroid dienone is 4. The lowest BCUT2D eigenvalue weighted by Gasteiger charge is -2.25. The number of hydrogen-bond acceptors (Lipinski definition) is 2. The smallest absolute Gasteiger partial charge is 0.0723 e. The molecule has 0 aliphatic carbocycles. The summed E-state index contributed by atoms with van der Waals surface area (Å²) in [5.74, 6) is 0. The lowest BCUT2D eigenvalue weighted by atomic mass is 9.87. The van der Waals surface area contributed by atoms with E-state index in [4.69, 9.17) is 9.98 Å². The quantitative estimate of drug-likeness (QED) is 0.553. The lowest BCUT2D eigenvalue weighted by molar-refractivity contribution is 0.495. The zero-order chi connectivity index (χ0) is 20.4. The van der Waals surface area contributed by atoms with Crippen molar-refractivity contribution in [3.8, 4) is 0 Å². The average Bonchev–Trinajstić information content (AvgIpc) is 2.61. The van der Waals surface area contributed by atoms with Gasteiger partial charge in [-0.05, 0) is 12.2 Å². The second-order valence-electron chi connectivity index (χ2n) is 9.29. The lowest BCUT2D eigenvalue weighted by Crippen LogP contribution is -2.18. The molecule has 2 aromatic carbocycles. The maximum absolute atomic E-state index is 5.14. The van der Waals surface area contributed by atoms with Gasteiger partial charge < -0.3 is 0 Å².